The van der Waals surface area contributed by atoms with Gasteiger partial charge in [-0.1, -0.05) is 17.8 Å². The maximum absolute atomic E-state index is 7.38. The fraction of sp³-hybridized carbons (Fsp3) is 1.00. The van der Waals surface area contributed by atoms with Crippen LogP contribution in [0.5, 0.6) is 0 Å². The second-order valence-corrected chi connectivity index (χ2v) is 1.16. The molecule has 0 unspecified atom stereocenters. The number of aliphatic hydroxyl groups excluding tert-OH is 3. The molecule has 0 amide bonds. The Hall–Kier alpha value is 1.75. The molecule has 0 aromatic carbocycles. The molecule has 0 aliphatic heterocycles. The quantitative estimate of drug-likeness (QED) is 0.358. The summed E-state index contributed by atoms with van der Waals surface area (Å²) in [4.78, 5) is 0. The fourth-order valence-electron chi connectivity index (χ4n) is 0. The van der Waals surface area contributed by atoms with Gasteiger partial charge in [-0.15, -0.1) is 0 Å². The largest absolute Gasteiger partial charge is 3.00 e. The van der Waals surface area contributed by atoms with Crippen LogP contribution in [0.25, 0.3) is 0 Å². The zero-order valence-corrected chi connectivity index (χ0v) is 10.1. The Morgan fingerprint density at radius 1 is 0.700 bits per heavy atom. The molecular formula is C3H9O3S3Sb. The Labute approximate surface area is 94.9 Å². The van der Waals surface area contributed by atoms with Crippen molar-refractivity contribution >= 4 is 62.3 Å². The average molecular weight is 311 g/mol. The minimum absolute atomic E-state index is 0. The van der Waals surface area contributed by atoms with E-state index in [9.17, 15) is 0 Å². The van der Waals surface area contributed by atoms with Gasteiger partial charge in [0.2, 0.25) is 0 Å². The van der Waals surface area contributed by atoms with Crippen LogP contribution in [0.4, 0.5) is 0 Å². The van der Waals surface area contributed by atoms with Gasteiger partial charge in [0.1, 0.15) is 0 Å². The molecule has 0 saturated heterocycles. The monoisotopic (exact) mass is 310 g/mol. The Balaban J connectivity index is -0.0000000257. The van der Waals surface area contributed by atoms with Crippen LogP contribution >= 0.6 is 0 Å². The summed E-state index contributed by atoms with van der Waals surface area (Å²) < 4.78 is 0. The van der Waals surface area contributed by atoms with Gasteiger partial charge in [-0.3, -0.25) is 0 Å². The summed E-state index contributed by atoms with van der Waals surface area (Å²) in [7, 11) is 0. The van der Waals surface area contributed by atoms with E-state index in [4.69, 9.17) is 15.3 Å². The average Bonchev–Trinajstić information content (AvgIpc) is 1.70. The summed E-state index contributed by atoms with van der Waals surface area (Å²) in [6.45, 7) is 0. The molecule has 2 radical (unpaired) electrons. The van der Waals surface area contributed by atoms with Crippen LogP contribution in [0.2, 0.25) is 0 Å². The van der Waals surface area contributed by atoms with Gasteiger partial charge in [0.05, 0.1) is 0 Å². The summed E-state index contributed by atoms with van der Waals surface area (Å²) in [5, 5.41) is 22.2. The topological polar surface area (TPSA) is 60.7 Å². The zero-order valence-electron chi connectivity index (χ0n) is 5.13. The third-order valence-corrected chi connectivity index (χ3v) is 0. The normalized spacial score (nSPS) is 5.40. The number of rotatable bonds is 0. The summed E-state index contributed by atoms with van der Waals surface area (Å²) in [5.41, 5.74) is 0. The first-order valence-corrected chi connectivity index (χ1v) is 3.55. The van der Waals surface area contributed by atoms with E-state index in [0.717, 1.165) is 0 Å². The second kappa shape index (κ2) is 45.3. The Morgan fingerprint density at radius 3 is 0.700 bits per heavy atom. The standard InChI is InChI=1S/3CH4OS.Sb/c3*2-1-3;/h3*2-3H,1H2;/q;;;+3/p-3. The van der Waals surface area contributed by atoms with Gasteiger partial charge in [-0.2, -0.15) is 0 Å². The van der Waals surface area contributed by atoms with Crippen LogP contribution in [0.3, 0.4) is 0 Å². The zero-order chi connectivity index (χ0) is 8.12. The number of hydrogen-bond donors (Lipinski definition) is 3. The van der Waals surface area contributed by atoms with Crippen molar-refractivity contribution in [2.45, 2.75) is 0 Å². The van der Waals surface area contributed by atoms with Crippen molar-refractivity contribution < 1.29 is 15.3 Å². The van der Waals surface area contributed by atoms with Gasteiger partial charge in [0.25, 0.3) is 0 Å². The van der Waals surface area contributed by atoms with Crippen LogP contribution < -0.4 is 0 Å². The molecule has 0 fully saturated rings. The predicted molar refractivity (Wildman–Crippen MR) is 49.1 cm³/mol. The van der Waals surface area contributed by atoms with Crippen molar-refractivity contribution in [2.24, 2.45) is 0 Å². The maximum atomic E-state index is 7.38. The van der Waals surface area contributed by atoms with E-state index in [-0.39, 0.29) is 42.2 Å². The van der Waals surface area contributed by atoms with E-state index in [1.54, 1.807) is 0 Å². The third-order valence-electron chi connectivity index (χ3n) is 0. The Kier molecular flexibility index (Phi) is 102. The molecule has 0 aromatic rings. The van der Waals surface area contributed by atoms with Gasteiger partial charge in [0, 0.05) is 0 Å². The van der Waals surface area contributed by atoms with Gasteiger partial charge < -0.3 is 53.2 Å². The molecule has 0 rings (SSSR count). The molecule has 3 nitrogen and oxygen atoms in total. The van der Waals surface area contributed by atoms with E-state index < -0.39 is 0 Å². The molecule has 62 valence electrons. The fourth-order valence-corrected chi connectivity index (χ4v) is 0. The van der Waals surface area contributed by atoms with E-state index in [1.165, 1.54) is 0 Å². The minimum Gasteiger partial charge on any atom is -0.765 e. The maximum Gasteiger partial charge on any atom is 3.00 e. The molecule has 7 heteroatoms. The molecule has 0 heterocycles. The number of aliphatic hydroxyl groups is 3. The molecule has 0 bridgehead atoms. The van der Waals surface area contributed by atoms with Crippen molar-refractivity contribution in [3.63, 3.8) is 0 Å². The van der Waals surface area contributed by atoms with Crippen LogP contribution in [0.15, 0.2) is 0 Å². The molecule has 0 aromatic heterocycles. The molecule has 0 aliphatic rings. The first kappa shape index (κ1) is 22.6. The molecule has 10 heavy (non-hydrogen) atoms. The van der Waals surface area contributed by atoms with Crippen LogP contribution in [0, 0.1) is 0 Å². The van der Waals surface area contributed by atoms with Gasteiger partial charge in [0.15, 0.2) is 0 Å². The molecular weight excluding hydrogens is 302 g/mol. The molecule has 0 atom stereocenters. The third kappa shape index (κ3) is 244. The van der Waals surface area contributed by atoms with Crippen molar-refractivity contribution in [3.05, 3.63) is 0 Å². The van der Waals surface area contributed by atoms with E-state index in [1.807, 2.05) is 0 Å². The van der Waals surface area contributed by atoms with Crippen LogP contribution in [-0.2, 0) is 37.9 Å². The van der Waals surface area contributed by atoms with E-state index in [2.05, 4.69) is 37.9 Å². The summed E-state index contributed by atoms with van der Waals surface area (Å²) in [5.74, 6) is -0.500. The smallest absolute Gasteiger partial charge is 0.765 e. The first-order chi connectivity index (χ1) is 4.24. The van der Waals surface area contributed by atoms with Crippen molar-refractivity contribution in [1.29, 1.82) is 0 Å². The first-order valence-electron chi connectivity index (χ1n) is 1.81. The second-order valence-electron chi connectivity index (χ2n) is 0.387. The predicted octanol–water partition coefficient (Wildman–Crippen LogP) is -1.93. The van der Waals surface area contributed by atoms with Crippen LogP contribution in [-0.4, -0.2) is 57.6 Å². The van der Waals surface area contributed by atoms with Crippen molar-refractivity contribution in [1.82, 2.24) is 0 Å². The van der Waals surface area contributed by atoms with E-state index >= 15 is 0 Å². The van der Waals surface area contributed by atoms with Gasteiger partial charge >= 0.3 is 24.4 Å². The molecule has 3 N–H and O–H groups in total. The summed E-state index contributed by atoms with van der Waals surface area (Å²) in [6.07, 6.45) is 0. The van der Waals surface area contributed by atoms with Gasteiger partial charge in [-0.25, -0.2) is 0 Å². The minimum atomic E-state index is -0.167. The number of hydrogen-bond acceptors (Lipinski definition) is 6. The molecule has 0 spiro atoms. The van der Waals surface area contributed by atoms with Crippen molar-refractivity contribution in [3.8, 4) is 0 Å². The summed E-state index contributed by atoms with van der Waals surface area (Å²) >= 11 is 11.8. The van der Waals surface area contributed by atoms with Crippen LogP contribution in [0.1, 0.15) is 0 Å². The summed E-state index contributed by atoms with van der Waals surface area (Å²) in [6, 6.07) is 0. The molecule has 0 aliphatic carbocycles. The van der Waals surface area contributed by atoms with E-state index in [0.29, 0.717) is 0 Å². The Bertz CT molecular complexity index is 23.7. The van der Waals surface area contributed by atoms with Gasteiger partial charge in [-0.05, 0) is 0 Å². The Morgan fingerprint density at radius 2 is 0.700 bits per heavy atom. The van der Waals surface area contributed by atoms with Crippen molar-refractivity contribution in [2.75, 3.05) is 17.8 Å². The molecule has 0 saturated carbocycles. The SMILES string of the molecule is OC[S-].OC[S-].OC[S-].[Sb+3].